The van der Waals surface area contributed by atoms with Crippen LogP contribution < -0.4 is 9.80 Å². The lowest BCUT2D eigenvalue weighted by Gasteiger charge is -2.44. The second-order valence-corrected chi connectivity index (χ2v) is 11.6. The van der Waals surface area contributed by atoms with Crippen LogP contribution in [0.3, 0.4) is 0 Å². The highest BCUT2D eigenvalue weighted by Gasteiger charge is 2.42. The van der Waals surface area contributed by atoms with Crippen LogP contribution in [0.25, 0.3) is 5.69 Å². The first-order chi connectivity index (χ1) is 21.5. The standard InChI is InChI=1S/C35H29ClFN7/c1-23-31-32(24-11-13-25(36)14-12-24)43-30-10-6-5-9-29(30)38-34(35(43)39-33(31)44(40-23)28-7-3-2-4-8-28)42-21-19-41(20-22-42)27-17-15-26(37)16-18-27/h2-18,32H,19-22H2,1H3/t32-/m1/s1. The van der Waals surface area contributed by atoms with Crippen molar-refractivity contribution in [3.05, 3.63) is 131 Å². The van der Waals surface area contributed by atoms with Gasteiger partial charge in [-0.3, -0.25) is 0 Å². The van der Waals surface area contributed by atoms with Gasteiger partial charge in [0, 0.05) is 42.5 Å². The number of aromatic nitrogens is 2. The molecule has 7 nitrogen and oxygen atoms in total. The van der Waals surface area contributed by atoms with E-state index < -0.39 is 0 Å². The minimum atomic E-state index is -0.224. The van der Waals surface area contributed by atoms with E-state index in [1.165, 1.54) is 12.1 Å². The molecule has 9 heteroatoms. The van der Waals surface area contributed by atoms with Gasteiger partial charge in [-0.2, -0.15) is 5.10 Å². The number of para-hydroxylation sites is 3. The maximum atomic E-state index is 13.6. The Labute approximate surface area is 260 Å². The molecule has 44 heavy (non-hydrogen) atoms. The van der Waals surface area contributed by atoms with Crippen molar-refractivity contribution in [3.63, 3.8) is 0 Å². The van der Waals surface area contributed by atoms with Gasteiger partial charge in [-0.1, -0.05) is 54.1 Å². The maximum Gasteiger partial charge on any atom is 0.179 e. The Balaban J connectivity index is 1.27. The Morgan fingerprint density at radius 2 is 1.39 bits per heavy atom. The third-order valence-corrected chi connectivity index (χ3v) is 8.83. The van der Waals surface area contributed by atoms with E-state index in [1.54, 1.807) is 0 Å². The predicted octanol–water partition coefficient (Wildman–Crippen LogP) is 7.48. The number of aryl methyl sites for hydroxylation is 1. The van der Waals surface area contributed by atoms with E-state index in [9.17, 15) is 4.39 Å². The van der Waals surface area contributed by atoms with E-state index >= 15 is 0 Å². The van der Waals surface area contributed by atoms with Crippen LogP contribution in [-0.4, -0.2) is 52.5 Å². The highest BCUT2D eigenvalue weighted by Crippen LogP contribution is 2.48. The Bertz CT molecular complexity index is 1910. The molecule has 0 bridgehead atoms. The van der Waals surface area contributed by atoms with Gasteiger partial charge in [-0.15, -0.1) is 0 Å². The summed E-state index contributed by atoms with van der Waals surface area (Å²) in [6.07, 6.45) is 0. The zero-order valence-electron chi connectivity index (χ0n) is 24.1. The number of aliphatic imine (C=N–C) groups is 2. The van der Waals surface area contributed by atoms with Crippen LogP contribution >= 0.6 is 11.6 Å². The van der Waals surface area contributed by atoms with Gasteiger partial charge in [-0.25, -0.2) is 19.1 Å². The van der Waals surface area contributed by atoms with Crippen LogP contribution in [0.1, 0.15) is 22.9 Å². The van der Waals surface area contributed by atoms with Crippen molar-refractivity contribution in [2.45, 2.75) is 13.0 Å². The lowest BCUT2D eigenvalue weighted by atomic mass is 9.93. The van der Waals surface area contributed by atoms with E-state index in [-0.39, 0.29) is 11.9 Å². The molecule has 3 aliphatic heterocycles. The summed E-state index contributed by atoms with van der Waals surface area (Å²) in [5.41, 5.74) is 6.94. The molecule has 0 saturated carbocycles. The summed E-state index contributed by atoms with van der Waals surface area (Å²) in [5, 5.41) is 5.72. The smallest absolute Gasteiger partial charge is 0.179 e. The molecule has 1 saturated heterocycles. The fraction of sp³-hybridized carbons (Fsp3) is 0.171. The van der Waals surface area contributed by atoms with Gasteiger partial charge in [0.05, 0.1) is 28.8 Å². The number of piperazine rings is 1. The van der Waals surface area contributed by atoms with Crippen LogP contribution in [0.2, 0.25) is 5.02 Å². The number of benzene rings is 4. The maximum absolute atomic E-state index is 13.6. The highest BCUT2D eigenvalue weighted by atomic mass is 35.5. The Morgan fingerprint density at radius 1 is 0.705 bits per heavy atom. The molecule has 218 valence electrons. The van der Waals surface area contributed by atoms with Crippen molar-refractivity contribution in [1.82, 2.24) is 14.7 Å². The lowest BCUT2D eigenvalue weighted by molar-refractivity contribution is 0.389. The number of amidine groups is 2. The Hall–Kier alpha value is -4.95. The average Bonchev–Trinajstić information content (AvgIpc) is 3.40. The van der Waals surface area contributed by atoms with E-state index in [0.717, 1.165) is 83.2 Å². The van der Waals surface area contributed by atoms with E-state index in [2.05, 4.69) is 58.0 Å². The molecule has 0 radical (unpaired) electrons. The van der Waals surface area contributed by atoms with Gasteiger partial charge in [-0.05, 0) is 73.2 Å². The van der Waals surface area contributed by atoms with Gasteiger partial charge >= 0.3 is 0 Å². The first-order valence-corrected chi connectivity index (χ1v) is 15.1. The van der Waals surface area contributed by atoms with Crippen molar-refractivity contribution >= 4 is 46.2 Å². The minimum absolute atomic E-state index is 0.195. The van der Waals surface area contributed by atoms with Crippen molar-refractivity contribution in [2.24, 2.45) is 9.98 Å². The monoisotopic (exact) mass is 601 g/mol. The highest BCUT2D eigenvalue weighted by molar-refractivity contribution is 6.48. The van der Waals surface area contributed by atoms with Crippen molar-refractivity contribution in [3.8, 4) is 5.69 Å². The summed E-state index contributed by atoms with van der Waals surface area (Å²) >= 11 is 6.37. The second kappa shape index (κ2) is 10.6. The summed E-state index contributed by atoms with van der Waals surface area (Å²) in [7, 11) is 0. The third-order valence-electron chi connectivity index (χ3n) is 8.58. The summed E-state index contributed by atoms with van der Waals surface area (Å²) in [6.45, 7) is 5.13. The number of fused-ring (bicyclic) bond motifs is 4. The van der Waals surface area contributed by atoms with Crippen LogP contribution in [0.4, 0.5) is 27.3 Å². The minimum Gasteiger partial charge on any atom is -0.368 e. The molecular formula is C35H29ClFN7. The molecule has 0 aliphatic carbocycles. The van der Waals surface area contributed by atoms with Gasteiger partial charge in [0.25, 0.3) is 0 Å². The molecule has 3 aliphatic rings. The molecule has 0 spiro atoms. The molecule has 1 fully saturated rings. The van der Waals surface area contributed by atoms with Crippen LogP contribution in [0.5, 0.6) is 0 Å². The molecule has 0 unspecified atom stereocenters. The Kier molecular flexibility index (Phi) is 6.45. The molecule has 0 N–H and O–H groups in total. The molecule has 1 aromatic heterocycles. The van der Waals surface area contributed by atoms with Gasteiger partial charge in [0.2, 0.25) is 0 Å². The van der Waals surface area contributed by atoms with Gasteiger partial charge < -0.3 is 14.7 Å². The van der Waals surface area contributed by atoms with Crippen molar-refractivity contribution < 1.29 is 4.39 Å². The van der Waals surface area contributed by atoms with Crippen LogP contribution in [-0.2, 0) is 0 Å². The summed E-state index contributed by atoms with van der Waals surface area (Å²) in [4.78, 5) is 17.6. The molecular weight excluding hydrogens is 573 g/mol. The number of hydrogen-bond donors (Lipinski definition) is 0. The van der Waals surface area contributed by atoms with Gasteiger partial charge in [0.15, 0.2) is 17.5 Å². The third kappa shape index (κ3) is 4.45. The van der Waals surface area contributed by atoms with E-state index in [0.29, 0.717) is 5.02 Å². The normalized spacial score (nSPS) is 17.4. The summed E-state index contributed by atoms with van der Waals surface area (Å²) in [5.74, 6) is 2.21. The first kappa shape index (κ1) is 26.7. The Morgan fingerprint density at radius 3 is 2.14 bits per heavy atom. The summed E-state index contributed by atoms with van der Waals surface area (Å²) in [6, 6.07) is 33.0. The largest absolute Gasteiger partial charge is 0.368 e. The van der Waals surface area contributed by atoms with E-state index in [1.807, 2.05) is 59.3 Å². The predicted molar refractivity (Wildman–Crippen MR) is 175 cm³/mol. The number of nitrogens with zero attached hydrogens (tertiary/aromatic N) is 7. The molecule has 4 heterocycles. The lowest BCUT2D eigenvalue weighted by Crippen LogP contribution is -2.55. The number of hydrogen-bond acceptors (Lipinski definition) is 6. The fourth-order valence-electron chi connectivity index (χ4n) is 6.45. The number of rotatable bonds is 3. The molecule has 0 amide bonds. The van der Waals surface area contributed by atoms with E-state index in [4.69, 9.17) is 26.7 Å². The van der Waals surface area contributed by atoms with Crippen LogP contribution in [0, 0.1) is 12.7 Å². The molecule has 1 atom stereocenters. The molecule has 5 aromatic rings. The van der Waals surface area contributed by atoms with Crippen molar-refractivity contribution in [1.29, 1.82) is 0 Å². The van der Waals surface area contributed by atoms with Crippen LogP contribution in [0.15, 0.2) is 113 Å². The molecule has 8 rings (SSSR count). The SMILES string of the molecule is Cc1nn(-c2ccccc2)c2c1[C@@H](c1ccc(Cl)cc1)N1C(=N2)C(N2CCN(c3ccc(F)cc3)CC2)=Nc2ccccc21. The quantitative estimate of drug-likeness (QED) is 0.215. The number of anilines is 2. The molecule has 4 aromatic carbocycles. The zero-order valence-corrected chi connectivity index (χ0v) is 24.9. The zero-order chi connectivity index (χ0) is 29.8. The van der Waals surface area contributed by atoms with Crippen molar-refractivity contribution in [2.75, 3.05) is 36.0 Å². The fourth-order valence-corrected chi connectivity index (χ4v) is 6.57. The topological polar surface area (TPSA) is 52.3 Å². The number of halogens is 2. The first-order valence-electron chi connectivity index (χ1n) is 14.8. The van der Waals surface area contributed by atoms with Gasteiger partial charge in [0.1, 0.15) is 5.82 Å². The second-order valence-electron chi connectivity index (χ2n) is 11.2. The average molecular weight is 602 g/mol. The summed E-state index contributed by atoms with van der Waals surface area (Å²) < 4.78 is 15.5.